The number of carbonyl (C=O) groups excluding carboxylic acids is 1. The summed E-state index contributed by atoms with van der Waals surface area (Å²) in [5, 5.41) is 5.18. The fourth-order valence-corrected chi connectivity index (χ4v) is 2.96. The SMILES string of the molecule is CCCCNCC(=O)NC(Cc1ccccc1)(c1ccccc1)C(F)(F)F. The van der Waals surface area contributed by atoms with E-state index in [2.05, 4.69) is 10.6 Å². The van der Waals surface area contributed by atoms with Gasteiger partial charge in [-0.15, -0.1) is 0 Å². The second-order valence-electron chi connectivity index (χ2n) is 6.51. The van der Waals surface area contributed by atoms with Crippen LogP contribution in [-0.4, -0.2) is 25.2 Å². The smallest absolute Gasteiger partial charge is 0.337 e. The first kappa shape index (κ1) is 21.0. The summed E-state index contributed by atoms with van der Waals surface area (Å²) in [4.78, 5) is 12.4. The van der Waals surface area contributed by atoms with Crippen molar-refractivity contribution in [1.29, 1.82) is 0 Å². The Hall–Kier alpha value is -2.34. The molecule has 2 rings (SSSR count). The fourth-order valence-electron chi connectivity index (χ4n) is 2.96. The van der Waals surface area contributed by atoms with Crippen molar-refractivity contribution in [3.05, 3.63) is 71.8 Å². The number of unbranched alkanes of at least 4 members (excludes halogenated alkanes) is 1. The quantitative estimate of drug-likeness (QED) is 0.643. The highest BCUT2D eigenvalue weighted by Crippen LogP contribution is 2.41. The average Bonchev–Trinajstić information content (AvgIpc) is 2.65. The molecule has 0 saturated heterocycles. The highest BCUT2D eigenvalue weighted by molar-refractivity contribution is 5.79. The molecular weight excluding hydrogens is 353 g/mol. The number of halogens is 3. The maximum atomic E-state index is 14.3. The van der Waals surface area contributed by atoms with E-state index in [4.69, 9.17) is 0 Å². The molecule has 0 radical (unpaired) electrons. The maximum absolute atomic E-state index is 14.3. The predicted octanol–water partition coefficient (Wildman–Crippen LogP) is 4.19. The number of amides is 1. The molecule has 1 atom stereocenters. The molecule has 2 aromatic carbocycles. The number of alkyl halides is 3. The van der Waals surface area contributed by atoms with Crippen LogP contribution in [0.3, 0.4) is 0 Å². The van der Waals surface area contributed by atoms with Crippen LogP contribution in [0.5, 0.6) is 0 Å². The molecule has 2 aromatic rings. The molecule has 0 aliphatic heterocycles. The third-order valence-electron chi connectivity index (χ3n) is 4.41. The lowest BCUT2D eigenvalue weighted by Crippen LogP contribution is -2.59. The molecule has 0 aliphatic carbocycles. The number of rotatable bonds is 9. The Morgan fingerprint density at radius 1 is 0.963 bits per heavy atom. The number of benzene rings is 2. The molecule has 0 saturated carbocycles. The van der Waals surface area contributed by atoms with Crippen LogP contribution in [0.15, 0.2) is 60.7 Å². The fraction of sp³-hybridized carbons (Fsp3) is 0.381. The molecule has 0 fully saturated rings. The van der Waals surface area contributed by atoms with Gasteiger partial charge in [0.1, 0.15) is 0 Å². The lowest BCUT2D eigenvalue weighted by atomic mass is 9.82. The van der Waals surface area contributed by atoms with E-state index in [-0.39, 0.29) is 18.5 Å². The first-order valence-electron chi connectivity index (χ1n) is 9.07. The highest BCUT2D eigenvalue weighted by atomic mass is 19.4. The van der Waals surface area contributed by atoms with Gasteiger partial charge in [-0.25, -0.2) is 0 Å². The number of nitrogens with one attached hydrogen (secondary N) is 2. The van der Waals surface area contributed by atoms with Crippen LogP contribution in [0.4, 0.5) is 13.2 Å². The van der Waals surface area contributed by atoms with Gasteiger partial charge in [0.25, 0.3) is 0 Å². The van der Waals surface area contributed by atoms with E-state index in [1.807, 2.05) is 6.92 Å². The topological polar surface area (TPSA) is 41.1 Å². The Kier molecular flexibility index (Phi) is 7.42. The molecule has 146 valence electrons. The molecule has 1 amide bonds. The summed E-state index contributed by atoms with van der Waals surface area (Å²) >= 11 is 0. The van der Waals surface area contributed by atoms with Crippen LogP contribution in [-0.2, 0) is 16.8 Å². The molecule has 0 aliphatic rings. The summed E-state index contributed by atoms with van der Waals surface area (Å²) in [5.41, 5.74) is -1.97. The first-order chi connectivity index (χ1) is 12.9. The summed E-state index contributed by atoms with van der Waals surface area (Å²) in [7, 11) is 0. The maximum Gasteiger partial charge on any atom is 0.416 e. The van der Waals surface area contributed by atoms with Gasteiger partial charge in [-0.2, -0.15) is 13.2 Å². The molecule has 0 aromatic heterocycles. The Bertz CT molecular complexity index is 704. The summed E-state index contributed by atoms with van der Waals surface area (Å²) in [6.07, 6.45) is -3.23. The van der Waals surface area contributed by atoms with E-state index in [1.165, 1.54) is 12.1 Å². The first-order valence-corrected chi connectivity index (χ1v) is 9.07. The van der Waals surface area contributed by atoms with Gasteiger partial charge in [-0.3, -0.25) is 4.79 Å². The largest absolute Gasteiger partial charge is 0.416 e. The van der Waals surface area contributed by atoms with Crippen molar-refractivity contribution >= 4 is 5.91 Å². The second kappa shape index (κ2) is 9.55. The van der Waals surface area contributed by atoms with Gasteiger partial charge in [-0.05, 0) is 24.1 Å². The molecule has 1 unspecified atom stereocenters. The van der Waals surface area contributed by atoms with E-state index in [0.29, 0.717) is 12.1 Å². The average molecular weight is 378 g/mol. The molecule has 2 N–H and O–H groups in total. The van der Waals surface area contributed by atoms with Crippen LogP contribution < -0.4 is 10.6 Å². The Balaban J connectivity index is 2.35. The second-order valence-corrected chi connectivity index (χ2v) is 6.51. The lowest BCUT2D eigenvalue weighted by molar-refractivity contribution is -0.202. The number of hydrogen-bond donors (Lipinski definition) is 2. The number of carbonyl (C=O) groups is 1. The van der Waals surface area contributed by atoms with Crippen molar-refractivity contribution in [2.45, 2.75) is 37.9 Å². The zero-order valence-electron chi connectivity index (χ0n) is 15.4. The van der Waals surface area contributed by atoms with E-state index in [0.717, 1.165) is 12.8 Å². The van der Waals surface area contributed by atoms with Crippen molar-refractivity contribution in [1.82, 2.24) is 10.6 Å². The van der Waals surface area contributed by atoms with Crippen LogP contribution in [0.2, 0.25) is 0 Å². The monoisotopic (exact) mass is 378 g/mol. The van der Waals surface area contributed by atoms with Crippen LogP contribution in [0, 0.1) is 0 Å². The molecule has 27 heavy (non-hydrogen) atoms. The molecule has 6 heteroatoms. The van der Waals surface area contributed by atoms with Crippen molar-refractivity contribution in [3.8, 4) is 0 Å². The summed E-state index contributed by atoms with van der Waals surface area (Å²) < 4.78 is 42.9. The van der Waals surface area contributed by atoms with Gasteiger partial charge >= 0.3 is 6.18 Å². The molecule has 0 spiro atoms. The Morgan fingerprint density at radius 2 is 1.56 bits per heavy atom. The van der Waals surface area contributed by atoms with Gasteiger partial charge in [0.05, 0.1) is 6.54 Å². The standard InChI is InChI=1S/C21H25F3N2O/c1-2-3-14-25-16-19(27)26-20(21(22,23)24,18-12-8-5-9-13-18)15-17-10-6-4-7-11-17/h4-13,25H,2-3,14-16H2,1H3,(H,26,27). The van der Waals surface area contributed by atoms with Gasteiger partial charge in [0.15, 0.2) is 5.54 Å². The van der Waals surface area contributed by atoms with Gasteiger partial charge in [0, 0.05) is 6.42 Å². The van der Waals surface area contributed by atoms with E-state index >= 15 is 0 Å². The van der Waals surface area contributed by atoms with E-state index in [9.17, 15) is 18.0 Å². The zero-order valence-corrected chi connectivity index (χ0v) is 15.4. The van der Waals surface area contributed by atoms with Crippen LogP contribution >= 0.6 is 0 Å². The van der Waals surface area contributed by atoms with Crippen LogP contribution in [0.25, 0.3) is 0 Å². The molecule has 0 bridgehead atoms. The summed E-state index contributed by atoms with van der Waals surface area (Å²) in [6.45, 7) is 2.44. The van der Waals surface area contributed by atoms with Gasteiger partial charge < -0.3 is 10.6 Å². The van der Waals surface area contributed by atoms with E-state index < -0.39 is 17.6 Å². The minimum absolute atomic E-state index is 0.0169. The molecule has 3 nitrogen and oxygen atoms in total. The van der Waals surface area contributed by atoms with Crippen molar-refractivity contribution < 1.29 is 18.0 Å². The third kappa shape index (κ3) is 5.57. The zero-order chi connectivity index (χ0) is 19.8. The normalized spacial score (nSPS) is 13.8. The Labute approximate surface area is 158 Å². The van der Waals surface area contributed by atoms with Crippen molar-refractivity contribution in [2.75, 3.05) is 13.1 Å². The third-order valence-corrected chi connectivity index (χ3v) is 4.41. The summed E-state index contributed by atoms with van der Waals surface area (Å²) in [5.74, 6) is -0.678. The minimum Gasteiger partial charge on any atom is -0.337 e. The van der Waals surface area contributed by atoms with Crippen LogP contribution in [0.1, 0.15) is 30.9 Å². The molecular formula is C21H25F3N2O. The van der Waals surface area contributed by atoms with Gasteiger partial charge in [0.2, 0.25) is 5.91 Å². The van der Waals surface area contributed by atoms with Gasteiger partial charge in [-0.1, -0.05) is 74.0 Å². The minimum atomic E-state index is -4.66. The predicted molar refractivity (Wildman–Crippen MR) is 100 cm³/mol. The molecule has 0 heterocycles. The Morgan fingerprint density at radius 3 is 2.11 bits per heavy atom. The number of hydrogen-bond acceptors (Lipinski definition) is 2. The highest BCUT2D eigenvalue weighted by Gasteiger charge is 2.56. The summed E-state index contributed by atoms with van der Waals surface area (Å²) in [6, 6.07) is 16.0. The lowest BCUT2D eigenvalue weighted by Gasteiger charge is -2.37. The van der Waals surface area contributed by atoms with Crippen molar-refractivity contribution in [3.63, 3.8) is 0 Å². The van der Waals surface area contributed by atoms with Crippen molar-refractivity contribution in [2.24, 2.45) is 0 Å². The van der Waals surface area contributed by atoms with E-state index in [1.54, 1.807) is 48.5 Å².